The van der Waals surface area contributed by atoms with Gasteiger partial charge in [-0.1, -0.05) is 29.8 Å². The van der Waals surface area contributed by atoms with E-state index in [1.807, 2.05) is 18.2 Å². The Morgan fingerprint density at radius 2 is 2.07 bits per heavy atom. The number of nitrogens with one attached hydrogen (secondary N) is 1. The number of benzene rings is 1. The molecule has 1 atom stereocenters. The first-order valence-electron chi connectivity index (χ1n) is 8.13. The van der Waals surface area contributed by atoms with Crippen LogP contribution in [-0.4, -0.2) is 30.4 Å². The normalized spacial score (nSPS) is 12.0. The van der Waals surface area contributed by atoms with E-state index < -0.39 is 11.0 Å². The SMILES string of the molecule is Cc1nn(C(C)C(=O)Nc2ccn(Cc3ccccc3Cl)n2)cc1[N+](=O)[O-]. The van der Waals surface area contributed by atoms with Crippen molar-refractivity contribution in [2.45, 2.75) is 26.4 Å². The zero-order valence-electron chi connectivity index (χ0n) is 14.7. The molecule has 0 fully saturated rings. The molecule has 140 valence electrons. The Hall–Kier alpha value is -3.20. The van der Waals surface area contributed by atoms with Crippen LogP contribution >= 0.6 is 11.6 Å². The van der Waals surface area contributed by atoms with Crippen LogP contribution in [0.3, 0.4) is 0 Å². The van der Waals surface area contributed by atoms with Gasteiger partial charge in [-0.25, -0.2) is 0 Å². The topological polar surface area (TPSA) is 108 Å². The van der Waals surface area contributed by atoms with Gasteiger partial charge >= 0.3 is 5.69 Å². The van der Waals surface area contributed by atoms with Crippen molar-refractivity contribution in [3.63, 3.8) is 0 Å². The van der Waals surface area contributed by atoms with Crippen LogP contribution in [0.5, 0.6) is 0 Å². The largest absolute Gasteiger partial charge is 0.309 e. The van der Waals surface area contributed by atoms with Crippen LogP contribution in [0.25, 0.3) is 0 Å². The van der Waals surface area contributed by atoms with Crippen molar-refractivity contribution in [1.29, 1.82) is 0 Å². The second-order valence-corrected chi connectivity index (χ2v) is 6.40. The van der Waals surface area contributed by atoms with Gasteiger partial charge in [0.2, 0.25) is 5.91 Å². The Morgan fingerprint density at radius 1 is 1.33 bits per heavy atom. The smallest absolute Gasteiger partial charge is 0.307 e. The van der Waals surface area contributed by atoms with Gasteiger partial charge in [-0.3, -0.25) is 24.3 Å². The number of hydrogen-bond donors (Lipinski definition) is 1. The number of carbonyl (C=O) groups is 1. The van der Waals surface area contributed by atoms with E-state index in [0.717, 1.165) is 5.56 Å². The maximum atomic E-state index is 12.4. The van der Waals surface area contributed by atoms with Gasteiger partial charge in [-0.15, -0.1) is 0 Å². The van der Waals surface area contributed by atoms with E-state index in [1.54, 1.807) is 29.9 Å². The second kappa shape index (κ2) is 7.58. The first-order chi connectivity index (χ1) is 12.8. The summed E-state index contributed by atoms with van der Waals surface area (Å²) >= 11 is 6.14. The van der Waals surface area contributed by atoms with Crippen LogP contribution in [0.15, 0.2) is 42.7 Å². The highest BCUT2D eigenvalue weighted by atomic mass is 35.5. The molecule has 1 unspecified atom stereocenters. The van der Waals surface area contributed by atoms with Crippen molar-refractivity contribution in [3.8, 4) is 0 Å². The fourth-order valence-electron chi connectivity index (χ4n) is 2.52. The number of hydrogen-bond acceptors (Lipinski definition) is 5. The predicted molar refractivity (Wildman–Crippen MR) is 99.7 cm³/mol. The summed E-state index contributed by atoms with van der Waals surface area (Å²) in [4.78, 5) is 22.8. The number of anilines is 1. The van der Waals surface area contributed by atoms with Crippen molar-refractivity contribution >= 4 is 29.0 Å². The van der Waals surface area contributed by atoms with Gasteiger partial charge in [-0.2, -0.15) is 10.2 Å². The third-order valence-electron chi connectivity index (χ3n) is 4.05. The van der Waals surface area contributed by atoms with Crippen LogP contribution in [0.4, 0.5) is 11.5 Å². The maximum absolute atomic E-state index is 12.4. The molecule has 1 N–H and O–H groups in total. The fraction of sp³-hybridized carbons (Fsp3) is 0.235. The van der Waals surface area contributed by atoms with Gasteiger partial charge in [0.15, 0.2) is 5.82 Å². The van der Waals surface area contributed by atoms with E-state index in [-0.39, 0.29) is 17.3 Å². The van der Waals surface area contributed by atoms with Gasteiger partial charge in [0.1, 0.15) is 17.9 Å². The highest BCUT2D eigenvalue weighted by molar-refractivity contribution is 6.31. The first-order valence-corrected chi connectivity index (χ1v) is 8.51. The van der Waals surface area contributed by atoms with Crippen molar-refractivity contribution in [1.82, 2.24) is 19.6 Å². The molecule has 10 heteroatoms. The molecule has 0 saturated heterocycles. The number of aromatic nitrogens is 4. The number of amides is 1. The molecule has 0 radical (unpaired) electrons. The first kappa shape index (κ1) is 18.6. The lowest BCUT2D eigenvalue weighted by atomic mass is 10.2. The number of carbonyl (C=O) groups excluding carboxylic acids is 1. The highest BCUT2D eigenvalue weighted by Crippen LogP contribution is 2.20. The van der Waals surface area contributed by atoms with Crippen LogP contribution in [0, 0.1) is 17.0 Å². The summed E-state index contributed by atoms with van der Waals surface area (Å²) in [5.74, 6) is -0.00678. The summed E-state index contributed by atoms with van der Waals surface area (Å²) in [5, 5.41) is 22.6. The molecule has 3 rings (SSSR count). The van der Waals surface area contributed by atoms with Crippen molar-refractivity contribution < 1.29 is 9.72 Å². The molecule has 0 aliphatic rings. The molecule has 27 heavy (non-hydrogen) atoms. The van der Waals surface area contributed by atoms with Crippen LogP contribution in [-0.2, 0) is 11.3 Å². The minimum Gasteiger partial charge on any atom is -0.307 e. The monoisotopic (exact) mass is 388 g/mol. The summed E-state index contributed by atoms with van der Waals surface area (Å²) in [6.45, 7) is 3.59. The van der Waals surface area contributed by atoms with Gasteiger partial charge < -0.3 is 5.32 Å². The Morgan fingerprint density at radius 3 is 2.74 bits per heavy atom. The zero-order chi connectivity index (χ0) is 19.6. The summed E-state index contributed by atoms with van der Waals surface area (Å²) in [5.41, 5.74) is 1.04. The number of nitrogens with zero attached hydrogens (tertiary/aromatic N) is 5. The predicted octanol–water partition coefficient (Wildman–Crippen LogP) is 3.20. The molecule has 0 spiro atoms. The molecule has 0 aliphatic carbocycles. The average molecular weight is 389 g/mol. The van der Waals surface area contributed by atoms with Crippen molar-refractivity contribution in [2.24, 2.45) is 0 Å². The molecule has 9 nitrogen and oxygen atoms in total. The average Bonchev–Trinajstić information content (AvgIpc) is 3.22. The molecule has 3 aromatic rings. The molecular formula is C17H17ClN6O3. The lowest BCUT2D eigenvalue weighted by molar-refractivity contribution is -0.385. The molecule has 2 heterocycles. The van der Waals surface area contributed by atoms with Crippen LogP contribution < -0.4 is 5.32 Å². The maximum Gasteiger partial charge on any atom is 0.309 e. The second-order valence-electron chi connectivity index (χ2n) is 5.99. The van der Waals surface area contributed by atoms with Crippen LogP contribution in [0.1, 0.15) is 24.2 Å². The quantitative estimate of drug-likeness (QED) is 0.515. The third-order valence-corrected chi connectivity index (χ3v) is 4.41. The van der Waals surface area contributed by atoms with E-state index in [4.69, 9.17) is 11.6 Å². The lowest BCUT2D eigenvalue weighted by Gasteiger charge is -2.10. The number of halogens is 1. The molecule has 0 aliphatic heterocycles. The van der Waals surface area contributed by atoms with E-state index in [9.17, 15) is 14.9 Å². The Labute approximate surface area is 159 Å². The minimum atomic E-state index is -0.730. The van der Waals surface area contributed by atoms with Crippen molar-refractivity contribution in [3.05, 3.63) is 69.1 Å². The van der Waals surface area contributed by atoms with E-state index in [1.165, 1.54) is 17.8 Å². The molecule has 1 amide bonds. The lowest BCUT2D eigenvalue weighted by Crippen LogP contribution is -2.24. The van der Waals surface area contributed by atoms with E-state index >= 15 is 0 Å². The van der Waals surface area contributed by atoms with E-state index in [0.29, 0.717) is 17.4 Å². The molecule has 0 saturated carbocycles. The number of aryl methyl sites for hydroxylation is 1. The van der Waals surface area contributed by atoms with Crippen LogP contribution in [0.2, 0.25) is 5.02 Å². The molecular weight excluding hydrogens is 372 g/mol. The molecule has 0 bridgehead atoms. The van der Waals surface area contributed by atoms with Gasteiger partial charge in [0.05, 0.1) is 11.5 Å². The Balaban J connectivity index is 1.68. The Bertz CT molecular complexity index is 996. The van der Waals surface area contributed by atoms with E-state index in [2.05, 4.69) is 15.5 Å². The fourth-order valence-corrected chi connectivity index (χ4v) is 2.71. The zero-order valence-corrected chi connectivity index (χ0v) is 15.4. The Kier molecular flexibility index (Phi) is 5.22. The van der Waals surface area contributed by atoms with Gasteiger partial charge in [-0.05, 0) is 25.5 Å². The standard InChI is InChI=1S/C17H17ClN6O3/c1-11-15(24(26)27)10-23(20-11)12(2)17(25)19-16-7-8-22(21-16)9-13-5-3-4-6-14(13)18/h3-8,10,12H,9H2,1-2H3,(H,19,21,25). The molecule has 2 aromatic heterocycles. The third kappa shape index (κ3) is 4.14. The summed E-state index contributed by atoms with van der Waals surface area (Å²) in [6.07, 6.45) is 2.97. The minimum absolute atomic E-state index is 0.126. The summed E-state index contributed by atoms with van der Waals surface area (Å²) < 4.78 is 2.92. The number of nitro groups is 1. The molecule has 1 aromatic carbocycles. The van der Waals surface area contributed by atoms with Gasteiger partial charge in [0, 0.05) is 17.3 Å². The summed E-state index contributed by atoms with van der Waals surface area (Å²) in [7, 11) is 0. The van der Waals surface area contributed by atoms with Gasteiger partial charge in [0.25, 0.3) is 0 Å². The number of rotatable bonds is 6. The highest BCUT2D eigenvalue weighted by Gasteiger charge is 2.22. The van der Waals surface area contributed by atoms with Crippen molar-refractivity contribution in [2.75, 3.05) is 5.32 Å². The summed E-state index contributed by atoms with van der Waals surface area (Å²) in [6, 6.07) is 8.38.